The third-order valence-corrected chi connectivity index (χ3v) is 8.63. The second-order valence-electron chi connectivity index (χ2n) is 8.29. The molecule has 0 unspecified atom stereocenters. The quantitative estimate of drug-likeness (QED) is 0.290. The zero-order valence-corrected chi connectivity index (χ0v) is 22.0. The average molecular weight is 591 g/mol. The molecule has 0 aliphatic heterocycles. The highest BCUT2D eigenvalue weighted by molar-refractivity contribution is 7.93. The number of hydrogen-bond donors (Lipinski definition) is 2. The number of carbonyl (C=O) groups is 1. The summed E-state index contributed by atoms with van der Waals surface area (Å²) in [5, 5.41) is 2.45. The summed E-state index contributed by atoms with van der Waals surface area (Å²) in [6, 6.07) is 18.7. The molecule has 40 heavy (non-hydrogen) atoms. The molecular formula is C26H21F3N4O5S2. The highest BCUT2D eigenvalue weighted by Crippen LogP contribution is 2.33. The van der Waals surface area contributed by atoms with E-state index in [0.717, 1.165) is 18.2 Å². The summed E-state index contributed by atoms with van der Waals surface area (Å²) >= 11 is 0. The van der Waals surface area contributed by atoms with Gasteiger partial charge in [0.15, 0.2) is 0 Å². The van der Waals surface area contributed by atoms with Crippen molar-refractivity contribution >= 4 is 43.0 Å². The predicted molar refractivity (Wildman–Crippen MR) is 143 cm³/mol. The molecule has 14 heteroatoms. The van der Waals surface area contributed by atoms with Crippen molar-refractivity contribution in [2.75, 3.05) is 20.9 Å². The van der Waals surface area contributed by atoms with E-state index in [1.165, 1.54) is 67.0 Å². The molecule has 1 aromatic heterocycles. The van der Waals surface area contributed by atoms with Crippen LogP contribution in [0.3, 0.4) is 0 Å². The van der Waals surface area contributed by atoms with Crippen molar-refractivity contribution in [3.05, 3.63) is 109 Å². The lowest BCUT2D eigenvalue weighted by molar-refractivity contribution is -0.137. The first-order valence-electron chi connectivity index (χ1n) is 11.4. The van der Waals surface area contributed by atoms with Crippen LogP contribution in [0.2, 0.25) is 0 Å². The van der Waals surface area contributed by atoms with Crippen LogP contribution in [0.1, 0.15) is 5.56 Å². The third kappa shape index (κ3) is 6.76. The van der Waals surface area contributed by atoms with E-state index in [1.807, 2.05) is 0 Å². The van der Waals surface area contributed by atoms with E-state index >= 15 is 0 Å². The van der Waals surface area contributed by atoms with Crippen molar-refractivity contribution in [3.63, 3.8) is 0 Å². The van der Waals surface area contributed by atoms with E-state index in [2.05, 4.69) is 15.0 Å². The maximum Gasteiger partial charge on any atom is 0.416 e. The minimum Gasteiger partial charge on any atom is -0.325 e. The van der Waals surface area contributed by atoms with Crippen molar-refractivity contribution in [2.24, 2.45) is 0 Å². The fourth-order valence-electron chi connectivity index (χ4n) is 3.56. The lowest BCUT2D eigenvalue weighted by Crippen LogP contribution is -2.38. The second-order valence-corrected chi connectivity index (χ2v) is 11.8. The molecule has 4 aromatic rings. The Hall–Kier alpha value is -4.43. The molecule has 0 aliphatic rings. The van der Waals surface area contributed by atoms with Crippen molar-refractivity contribution < 1.29 is 34.8 Å². The molecule has 1 heterocycles. The number of benzene rings is 3. The van der Waals surface area contributed by atoms with Gasteiger partial charge in [0.25, 0.3) is 20.0 Å². The predicted octanol–water partition coefficient (Wildman–Crippen LogP) is 4.74. The zero-order valence-electron chi connectivity index (χ0n) is 20.4. The Morgan fingerprint density at radius 3 is 2.12 bits per heavy atom. The number of rotatable bonds is 9. The van der Waals surface area contributed by atoms with Gasteiger partial charge in [0, 0.05) is 11.9 Å². The molecule has 3 aromatic carbocycles. The Balaban J connectivity index is 1.57. The first-order valence-corrected chi connectivity index (χ1v) is 14.4. The van der Waals surface area contributed by atoms with E-state index in [-0.39, 0.29) is 26.9 Å². The summed E-state index contributed by atoms with van der Waals surface area (Å²) in [6.45, 7) is -0.860. The first-order chi connectivity index (χ1) is 18.9. The van der Waals surface area contributed by atoms with E-state index in [4.69, 9.17) is 0 Å². The Kier molecular flexibility index (Phi) is 8.11. The third-order valence-electron chi connectivity index (χ3n) is 5.44. The van der Waals surface area contributed by atoms with Crippen molar-refractivity contribution in [1.82, 2.24) is 4.98 Å². The normalized spacial score (nSPS) is 12.0. The monoisotopic (exact) mass is 590 g/mol. The molecule has 2 N–H and O–H groups in total. The molecule has 0 fully saturated rings. The van der Waals surface area contributed by atoms with Gasteiger partial charge in [-0.2, -0.15) is 13.2 Å². The van der Waals surface area contributed by atoms with Crippen LogP contribution < -0.4 is 14.3 Å². The Labute approximate surface area is 228 Å². The summed E-state index contributed by atoms with van der Waals surface area (Å²) in [6.07, 6.45) is -1.94. The van der Waals surface area contributed by atoms with Crippen LogP contribution in [0.4, 0.5) is 30.2 Å². The van der Waals surface area contributed by atoms with E-state index in [1.54, 1.807) is 12.1 Å². The maximum absolute atomic E-state index is 13.4. The van der Waals surface area contributed by atoms with Gasteiger partial charge in [-0.15, -0.1) is 0 Å². The van der Waals surface area contributed by atoms with Gasteiger partial charge < -0.3 is 5.32 Å². The van der Waals surface area contributed by atoms with Crippen molar-refractivity contribution in [1.29, 1.82) is 0 Å². The molecule has 0 saturated carbocycles. The molecule has 0 spiro atoms. The van der Waals surface area contributed by atoms with Crippen LogP contribution in [-0.4, -0.2) is 34.3 Å². The minimum absolute atomic E-state index is 0.119. The molecule has 208 valence electrons. The number of aromatic nitrogens is 1. The van der Waals surface area contributed by atoms with Crippen LogP contribution in [0.25, 0.3) is 0 Å². The van der Waals surface area contributed by atoms with Crippen LogP contribution >= 0.6 is 0 Å². The fourth-order valence-corrected chi connectivity index (χ4v) is 6.03. The number of anilines is 3. The number of hydrogen-bond acceptors (Lipinski definition) is 6. The van der Waals surface area contributed by atoms with Gasteiger partial charge in [-0.3, -0.25) is 18.8 Å². The lowest BCUT2D eigenvalue weighted by atomic mass is 10.2. The average Bonchev–Trinajstić information content (AvgIpc) is 2.92. The van der Waals surface area contributed by atoms with E-state index < -0.39 is 44.2 Å². The number of amides is 1. The largest absolute Gasteiger partial charge is 0.416 e. The number of nitrogens with zero attached hydrogens (tertiary/aromatic N) is 2. The van der Waals surface area contributed by atoms with Crippen molar-refractivity contribution in [3.8, 4) is 0 Å². The van der Waals surface area contributed by atoms with Gasteiger partial charge in [-0.05, 0) is 66.7 Å². The summed E-state index contributed by atoms with van der Waals surface area (Å²) in [7, 11) is -8.41. The second kappa shape index (κ2) is 11.4. The van der Waals surface area contributed by atoms with Gasteiger partial charge in [0.2, 0.25) is 5.91 Å². The van der Waals surface area contributed by atoms with Gasteiger partial charge >= 0.3 is 6.18 Å². The fraction of sp³-hybridized carbons (Fsp3) is 0.0769. The number of halogens is 3. The molecule has 0 atom stereocenters. The summed E-state index contributed by atoms with van der Waals surface area (Å²) in [5.41, 5.74) is -1.08. The number of pyridine rings is 1. The SMILES string of the molecule is O=C(CN(c1cccc(C(F)(F)F)c1)S(=O)(=O)c1ccccc1)Nc1ccc(S(=O)(=O)Nc2cccnc2)cc1. The number of carbonyl (C=O) groups excluding carboxylic acids is 1. The molecule has 0 radical (unpaired) electrons. The summed E-state index contributed by atoms with van der Waals surface area (Å²) in [4.78, 5) is 16.4. The number of sulfonamides is 2. The standard InChI is InChI=1S/C26H21F3N4O5S2/c27-26(28,29)19-6-4-8-22(16-19)33(40(37,38)24-9-2-1-3-10-24)18-25(34)31-20-11-13-23(14-12-20)39(35,36)32-21-7-5-15-30-17-21/h1-17,32H,18H2,(H,31,34). The first kappa shape index (κ1) is 28.6. The topological polar surface area (TPSA) is 126 Å². The molecular weight excluding hydrogens is 569 g/mol. The number of alkyl halides is 3. The molecule has 9 nitrogen and oxygen atoms in total. The summed E-state index contributed by atoms with van der Waals surface area (Å²) in [5.74, 6) is -0.874. The van der Waals surface area contributed by atoms with Gasteiger partial charge in [-0.25, -0.2) is 16.8 Å². The minimum atomic E-state index is -4.74. The highest BCUT2D eigenvalue weighted by Gasteiger charge is 2.33. The van der Waals surface area contributed by atoms with E-state index in [9.17, 15) is 34.8 Å². The van der Waals surface area contributed by atoms with Crippen LogP contribution in [0.15, 0.2) is 113 Å². The Morgan fingerprint density at radius 2 is 1.50 bits per heavy atom. The molecule has 4 rings (SSSR count). The summed E-state index contributed by atoms with van der Waals surface area (Å²) < 4.78 is 94.9. The molecule has 0 saturated heterocycles. The Morgan fingerprint density at radius 1 is 0.800 bits per heavy atom. The molecule has 0 bridgehead atoms. The smallest absolute Gasteiger partial charge is 0.325 e. The maximum atomic E-state index is 13.4. The van der Waals surface area contributed by atoms with Gasteiger partial charge in [0.05, 0.1) is 32.9 Å². The van der Waals surface area contributed by atoms with Crippen LogP contribution in [-0.2, 0) is 31.0 Å². The van der Waals surface area contributed by atoms with Crippen LogP contribution in [0, 0.1) is 0 Å². The van der Waals surface area contributed by atoms with Crippen molar-refractivity contribution in [2.45, 2.75) is 16.0 Å². The number of nitrogens with one attached hydrogen (secondary N) is 2. The molecule has 0 aliphatic carbocycles. The van der Waals surface area contributed by atoms with Crippen LogP contribution in [0.5, 0.6) is 0 Å². The highest BCUT2D eigenvalue weighted by atomic mass is 32.2. The van der Waals surface area contributed by atoms with Gasteiger partial charge in [-0.1, -0.05) is 24.3 Å². The Bertz CT molecular complexity index is 1700. The lowest BCUT2D eigenvalue weighted by Gasteiger charge is -2.25. The van der Waals surface area contributed by atoms with E-state index in [0.29, 0.717) is 10.4 Å². The molecule has 1 amide bonds. The van der Waals surface area contributed by atoms with Gasteiger partial charge in [0.1, 0.15) is 6.54 Å². The zero-order chi connectivity index (χ0) is 29.0.